The van der Waals surface area contributed by atoms with Gasteiger partial charge in [-0.1, -0.05) is 17.7 Å². The van der Waals surface area contributed by atoms with Crippen molar-refractivity contribution < 1.29 is 9.53 Å². The minimum Gasteiger partial charge on any atom is -0.494 e. The molecule has 0 aromatic heterocycles. The molecule has 1 aromatic rings. The first-order valence-corrected chi connectivity index (χ1v) is 5.91. The van der Waals surface area contributed by atoms with E-state index in [4.69, 9.17) is 10.6 Å². The summed E-state index contributed by atoms with van der Waals surface area (Å²) in [5.41, 5.74) is 3.34. The number of carbonyl (C=O) groups excluding carboxylic acids is 1. The molecule has 4 nitrogen and oxygen atoms in total. The van der Waals surface area contributed by atoms with E-state index in [1.807, 2.05) is 31.2 Å². The number of amides is 1. The Hall–Kier alpha value is -1.55. The van der Waals surface area contributed by atoms with E-state index < -0.39 is 0 Å². The van der Waals surface area contributed by atoms with Crippen LogP contribution in [0.15, 0.2) is 24.3 Å². The summed E-state index contributed by atoms with van der Waals surface area (Å²) < 4.78 is 5.57. The van der Waals surface area contributed by atoms with Crippen molar-refractivity contribution in [3.05, 3.63) is 29.8 Å². The number of hydrogen-bond donors (Lipinski definition) is 2. The normalized spacial score (nSPS) is 10.0. The van der Waals surface area contributed by atoms with Crippen molar-refractivity contribution in [3.8, 4) is 5.75 Å². The molecule has 4 heteroatoms. The maximum atomic E-state index is 10.8. The summed E-state index contributed by atoms with van der Waals surface area (Å²) in [6.07, 6.45) is 3.26. The van der Waals surface area contributed by atoms with Gasteiger partial charge in [0.1, 0.15) is 5.75 Å². The van der Waals surface area contributed by atoms with Crippen molar-refractivity contribution in [2.45, 2.75) is 32.6 Å². The summed E-state index contributed by atoms with van der Waals surface area (Å²) in [5.74, 6) is 5.77. The van der Waals surface area contributed by atoms with Crippen LogP contribution >= 0.6 is 0 Å². The summed E-state index contributed by atoms with van der Waals surface area (Å²) in [6, 6.07) is 8.00. The monoisotopic (exact) mass is 236 g/mol. The zero-order valence-corrected chi connectivity index (χ0v) is 10.2. The molecule has 0 saturated heterocycles. The summed E-state index contributed by atoms with van der Waals surface area (Å²) in [4.78, 5) is 10.8. The Morgan fingerprint density at radius 1 is 1.24 bits per heavy atom. The van der Waals surface area contributed by atoms with Gasteiger partial charge in [0.25, 0.3) is 0 Å². The minimum absolute atomic E-state index is 0.107. The lowest BCUT2D eigenvalue weighted by Gasteiger charge is -2.06. The molecule has 94 valence electrons. The largest absolute Gasteiger partial charge is 0.494 e. The molecule has 3 N–H and O–H groups in total. The van der Waals surface area contributed by atoms with Gasteiger partial charge in [0.15, 0.2) is 0 Å². The molecule has 0 aliphatic rings. The van der Waals surface area contributed by atoms with Gasteiger partial charge >= 0.3 is 0 Å². The average Bonchev–Trinajstić information content (AvgIpc) is 2.35. The Morgan fingerprint density at radius 2 is 1.94 bits per heavy atom. The highest BCUT2D eigenvalue weighted by molar-refractivity contribution is 5.74. The van der Waals surface area contributed by atoms with E-state index >= 15 is 0 Å². The summed E-state index contributed by atoms with van der Waals surface area (Å²) >= 11 is 0. The lowest BCUT2D eigenvalue weighted by atomic mass is 10.2. The maximum absolute atomic E-state index is 10.8. The van der Waals surface area contributed by atoms with Gasteiger partial charge in [-0.25, -0.2) is 5.84 Å². The predicted molar refractivity (Wildman–Crippen MR) is 67.5 cm³/mol. The van der Waals surface area contributed by atoms with Gasteiger partial charge < -0.3 is 4.74 Å². The molecule has 1 rings (SSSR count). The molecule has 0 unspecified atom stereocenters. The second-order valence-corrected chi connectivity index (χ2v) is 4.04. The first kappa shape index (κ1) is 13.5. The van der Waals surface area contributed by atoms with Crippen LogP contribution in [0, 0.1) is 6.92 Å². The number of ether oxygens (including phenoxy) is 1. The van der Waals surface area contributed by atoms with E-state index in [0.29, 0.717) is 13.0 Å². The van der Waals surface area contributed by atoms with Crippen molar-refractivity contribution in [3.63, 3.8) is 0 Å². The molecule has 0 aliphatic heterocycles. The summed E-state index contributed by atoms with van der Waals surface area (Å²) in [7, 11) is 0. The van der Waals surface area contributed by atoms with E-state index in [2.05, 4.69) is 5.43 Å². The van der Waals surface area contributed by atoms with Crippen molar-refractivity contribution in [2.75, 3.05) is 6.61 Å². The van der Waals surface area contributed by atoms with E-state index in [1.165, 1.54) is 5.56 Å². The van der Waals surface area contributed by atoms with Crippen LogP contribution in [0.2, 0.25) is 0 Å². The van der Waals surface area contributed by atoms with Crippen LogP contribution in [-0.2, 0) is 4.79 Å². The van der Waals surface area contributed by atoms with Crippen LogP contribution in [0.5, 0.6) is 5.75 Å². The molecular weight excluding hydrogens is 216 g/mol. The molecule has 0 aliphatic carbocycles. The maximum Gasteiger partial charge on any atom is 0.233 e. The molecular formula is C13H20N2O2. The first-order valence-electron chi connectivity index (χ1n) is 5.91. The van der Waals surface area contributed by atoms with E-state index in [1.54, 1.807) is 0 Å². The number of rotatable bonds is 7. The Labute approximate surface area is 102 Å². The standard InChI is InChI=1S/C13H20N2O2/c1-11-6-8-12(9-7-11)17-10-4-2-3-5-13(16)15-14/h6-9H,2-5,10,14H2,1H3,(H,15,16). The number of nitrogens with two attached hydrogens (primary N) is 1. The third-order valence-corrected chi connectivity index (χ3v) is 2.50. The highest BCUT2D eigenvalue weighted by Crippen LogP contribution is 2.12. The third kappa shape index (κ3) is 5.92. The molecule has 0 heterocycles. The average molecular weight is 236 g/mol. The van der Waals surface area contributed by atoms with Gasteiger partial charge in [-0.3, -0.25) is 10.2 Å². The van der Waals surface area contributed by atoms with Crippen LogP contribution < -0.4 is 16.0 Å². The fourth-order valence-electron chi connectivity index (χ4n) is 1.46. The zero-order chi connectivity index (χ0) is 12.5. The first-order chi connectivity index (χ1) is 8.22. The molecule has 0 saturated carbocycles. The molecule has 1 amide bonds. The topological polar surface area (TPSA) is 64.3 Å². The summed E-state index contributed by atoms with van der Waals surface area (Å²) in [5, 5.41) is 0. The van der Waals surface area contributed by atoms with Crippen molar-refractivity contribution in [2.24, 2.45) is 5.84 Å². The van der Waals surface area contributed by atoms with Gasteiger partial charge in [0, 0.05) is 6.42 Å². The van der Waals surface area contributed by atoms with Gasteiger partial charge in [-0.2, -0.15) is 0 Å². The third-order valence-electron chi connectivity index (χ3n) is 2.50. The van der Waals surface area contributed by atoms with E-state index in [-0.39, 0.29) is 5.91 Å². The van der Waals surface area contributed by atoms with Gasteiger partial charge in [0.2, 0.25) is 5.91 Å². The van der Waals surface area contributed by atoms with Crippen LogP contribution in [0.1, 0.15) is 31.2 Å². The predicted octanol–water partition coefficient (Wildman–Crippen LogP) is 1.92. The number of unbranched alkanes of at least 4 members (excludes halogenated alkanes) is 2. The summed E-state index contributed by atoms with van der Waals surface area (Å²) in [6.45, 7) is 2.74. The number of nitrogens with one attached hydrogen (secondary N) is 1. The van der Waals surface area contributed by atoms with Crippen LogP contribution in [0.3, 0.4) is 0 Å². The highest BCUT2D eigenvalue weighted by Gasteiger charge is 1.98. The van der Waals surface area contributed by atoms with E-state index in [0.717, 1.165) is 25.0 Å². The van der Waals surface area contributed by atoms with Gasteiger partial charge in [0.05, 0.1) is 6.61 Å². The second-order valence-electron chi connectivity index (χ2n) is 4.04. The van der Waals surface area contributed by atoms with Gasteiger partial charge in [-0.05, 0) is 38.3 Å². The quantitative estimate of drug-likeness (QED) is 0.329. The Kier molecular flexibility index (Phi) is 6.10. The lowest BCUT2D eigenvalue weighted by molar-refractivity contribution is -0.121. The molecule has 1 aromatic carbocycles. The molecule has 0 fully saturated rings. The minimum atomic E-state index is -0.107. The van der Waals surface area contributed by atoms with E-state index in [9.17, 15) is 4.79 Å². The van der Waals surface area contributed by atoms with Crippen LogP contribution in [-0.4, -0.2) is 12.5 Å². The van der Waals surface area contributed by atoms with Crippen molar-refractivity contribution in [1.82, 2.24) is 5.43 Å². The SMILES string of the molecule is Cc1ccc(OCCCCCC(=O)NN)cc1. The molecule has 0 atom stereocenters. The molecule has 0 bridgehead atoms. The Morgan fingerprint density at radius 3 is 2.59 bits per heavy atom. The fraction of sp³-hybridized carbons (Fsp3) is 0.462. The Bertz CT molecular complexity index is 336. The molecule has 0 spiro atoms. The van der Waals surface area contributed by atoms with Crippen LogP contribution in [0.25, 0.3) is 0 Å². The molecule has 0 radical (unpaired) electrons. The number of hydrogen-bond acceptors (Lipinski definition) is 3. The number of benzene rings is 1. The van der Waals surface area contributed by atoms with Crippen LogP contribution in [0.4, 0.5) is 0 Å². The van der Waals surface area contributed by atoms with Gasteiger partial charge in [-0.15, -0.1) is 0 Å². The highest BCUT2D eigenvalue weighted by atomic mass is 16.5. The zero-order valence-electron chi connectivity index (χ0n) is 10.2. The van der Waals surface area contributed by atoms with Crippen molar-refractivity contribution in [1.29, 1.82) is 0 Å². The smallest absolute Gasteiger partial charge is 0.233 e. The fourth-order valence-corrected chi connectivity index (χ4v) is 1.46. The van der Waals surface area contributed by atoms with Crippen molar-refractivity contribution >= 4 is 5.91 Å². The molecule has 17 heavy (non-hydrogen) atoms. The second kappa shape index (κ2) is 7.68. The Balaban J connectivity index is 2.04. The number of hydrazine groups is 1. The lowest BCUT2D eigenvalue weighted by Crippen LogP contribution is -2.29. The number of carbonyl (C=O) groups is 1. The number of aryl methyl sites for hydroxylation is 1.